The molecule has 2 aromatic rings. The second-order valence-corrected chi connectivity index (χ2v) is 5.67. The first-order valence-corrected chi connectivity index (χ1v) is 8.39. The Kier molecular flexibility index (Phi) is 7.18. The second kappa shape index (κ2) is 9.58. The molecule has 0 saturated heterocycles. The number of carbonyl (C=O) groups is 2. The first-order valence-electron chi connectivity index (χ1n) is 8.39. The average Bonchev–Trinajstić information content (AvgIpc) is 2.67. The number of nitrogens with two attached hydrogens (primary N) is 1. The van der Waals surface area contributed by atoms with Gasteiger partial charge >= 0.3 is 6.18 Å². The van der Waals surface area contributed by atoms with Crippen LogP contribution in [-0.4, -0.2) is 31.2 Å². The molecule has 2 rings (SSSR count). The molecule has 2 aromatic carbocycles. The van der Waals surface area contributed by atoms with Crippen LogP contribution in [0.3, 0.4) is 0 Å². The lowest BCUT2D eigenvalue weighted by molar-refractivity contribution is -0.137. The summed E-state index contributed by atoms with van der Waals surface area (Å²) in [6.45, 7) is 1.77. The van der Waals surface area contributed by atoms with Gasteiger partial charge in [0, 0.05) is 5.56 Å². The predicted octanol–water partition coefficient (Wildman–Crippen LogP) is 2.73. The summed E-state index contributed by atoms with van der Waals surface area (Å²) in [4.78, 5) is 22.8. The van der Waals surface area contributed by atoms with Crippen molar-refractivity contribution in [3.63, 3.8) is 0 Å². The molecule has 0 fully saturated rings. The van der Waals surface area contributed by atoms with E-state index in [1.54, 1.807) is 19.1 Å². The van der Waals surface area contributed by atoms with Gasteiger partial charge in [0.25, 0.3) is 11.8 Å². The Labute approximate surface area is 164 Å². The van der Waals surface area contributed by atoms with E-state index >= 15 is 0 Å². The van der Waals surface area contributed by atoms with Gasteiger partial charge in [-0.1, -0.05) is 6.07 Å². The van der Waals surface area contributed by atoms with Crippen molar-refractivity contribution in [2.45, 2.75) is 13.1 Å². The highest BCUT2D eigenvalue weighted by Crippen LogP contribution is 2.30. The number of nitrogens with one attached hydrogen (secondary N) is 1. The number of amides is 2. The number of nitrogens with zero attached hydrogens (tertiary/aromatic N) is 1. The Balaban J connectivity index is 2.08. The van der Waals surface area contributed by atoms with E-state index in [2.05, 4.69) is 10.5 Å². The molecule has 0 unspecified atom stereocenters. The molecule has 29 heavy (non-hydrogen) atoms. The predicted molar refractivity (Wildman–Crippen MR) is 98.8 cm³/mol. The van der Waals surface area contributed by atoms with Gasteiger partial charge in [-0.25, -0.2) is 5.43 Å². The molecule has 0 aliphatic heterocycles. The van der Waals surface area contributed by atoms with E-state index in [9.17, 15) is 22.8 Å². The summed E-state index contributed by atoms with van der Waals surface area (Å²) in [5.74, 6) is -0.799. The molecule has 0 saturated carbocycles. The van der Waals surface area contributed by atoms with Gasteiger partial charge in [-0.3, -0.25) is 9.59 Å². The van der Waals surface area contributed by atoms with Crippen molar-refractivity contribution in [3.05, 3.63) is 59.2 Å². The van der Waals surface area contributed by atoms with Crippen LogP contribution in [0.4, 0.5) is 13.2 Å². The molecule has 0 aliphatic rings. The molecule has 0 heterocycles. The largest absolute Gasteiger partial charge is 0.490 e. The summed E-state index contributed by atoms with van der Waals surface area (Å²) in [6, 6.07) is 8.67. The highest BCUT2D eigenvalue weighted by Gasteiger charge is 2.30. The van der Waals surface area contributed by atoms with Crippen LogP contribution in [0.25, 0.3) is 0 Å². The fraction of sp³-hybridized carbons (Fsp3) is 0.211. The minimum atomic E-state index is -4.55. The monoisotopic (exact) mass is 409 g/mol. The fourth-order valence-electron chi connectivity index (χ4n) is 2.21. The summed E-state index contributed by atoms with van der Waals surface area (Å²) in [6.07, 6.45) is -3.26. The van der Waals surface area contributed by atoms with E-state index in [-0.39, 0.29) is 12.2 Å². The molecule has 0 aliphatic carbocycles. The number of hydrogen-bond acceptors (Lipinski definition) is 5. The van der Waals surface area contributed by atoms with Crippen LogP contribution in [0.1, 0.15) is 28.4 Å². The molecule has 0 atom stereocenters. The van der Waals surface area contributed by atoms with Crippen molar-refractivity contribution in [1.29, 1.82) is 0 Å². The molecule has 2 amide bonds. The second-order valence-electron chi connectivity index (χ2n) is 5.67. The van der Waals surface area contributed by atoms with Gasteiger partial charge < -0.3 is 15.2 Å². The quantitative estimate of drug-likeness (QED) is 0.517. The van der Waals surface area contributed by atoms with Crippen LogP contribution in [0, 0.1) is 0 Å². The van der Waals surface area contributed by atoms with Crippen molar-refractivity contribution in [3.8, 4) is 11.5 Å². The Bertz CT molecular complexity index is 914. The lowest BCUT2D eigenvalue weighted by Crippen LogP contribution is -2.20. The minimum absolute atomic E-state index is 0.179. The van der Waals surface area contributed by atoms with Gasteiger partial charge in [-0.05, 0) is 48.9 Å². The summed E-state index contributed by atoms with van der Waals surface area (Å²) < 4.78 is 48.8. The maximum absolute atomic E-state index is 12.7. The van der Waals surface area contributed by atoms with Crippen LogP contribution in [0.5, 0.6) is 11.5 Å². The van der Waals surface area contributed by atoms with Gasteiger partial charge in [0.15, 0.2) is 18.1 Å². The fourth-order valence-corrected chi connectivity index (χ4v) is 2.21. The Morgan fingerprint density at radius 2 is 1.90 bits per heavy atom. The third-order valence-corrected chi connectivity index (χ3v) is 3.47. The van der Waals surface area contributed by atoms with Gasteiger partial charge in [-0.15, -0.1) is 0 Å². The molecule has 0 aromatic heterocycles. The van der Waals surface area contributed by atoms with Crippen LogP contribution >= 0.6 is 0 Å². The highest BCUT2D eigenvalue weighted by molar-refractivity contribution is 5.95. The number of carbonyl (C=O) groups excluding carboxylic acids is 2. The summed E-state index contributed by atoms with van der Waals surface area (Å²) >= 11 is 0. The number of hydrazone groups is 1. The minimum Gasteiger partial charge on any atom is -0.490 e. The lowest BCUT2D eigenvalue weighted by Gasteiger charge is -2.11. The van der Waals surface area contributed by atoms with E-state index < -0.39 is 23.6 Å². The van der Waals surface area contributed by atoms with Crippen LogP contribution in [-0.2, 0) is 11.0 Å². The summed E-state index contributed by atoms with van der Waals surface area (Å²) in [7, 11) is 0. The normalized spacial score (nSPS) is 11.3. The summed E-state index contributed by atoms with van der Waals surface area (Å²) in [5.41, 5.74) is 6.61. The third-order valence-electron chi connectivity index (χ3n) is 3.47. The first-order chi connectivity index (χ1) is 13.7. The lowest BCUT2D eigenvalue weighted by atomic mass is 10.1. The van der Waals surface area contributed by atoms with E-state index in [0.29, 0.717) is 23.7 Å². The third kappa shape index (κ3) is 6.52. The van der Waals surface area contributed by atoms with Gasteiger partial charge in [0.1, 0.15) is 0 Å². The SMILES string of the molecule is CCOc1cc(/C=N\NC(=O)c2cccc(C(F)(F)F)c2)ccc1OCC(N)=O. The number of ether oxygens (including phenoxy) is 2. The van der Waals surface area contributed by atoms with Crippen LogP contribution < -0.4 is 20.6 Å². The molecular weight excluding hydrogens is 391 g/mol. The number of rotatable bonds is 8. The number of benzene rings is 2. The van der Waals surface area contributed by atoms with E-state index in [1.807, 2.05) is 0 Å². The maximum Gasteiger partial charge on any atom is 0.416 e. The molecule has 0 bridgehead atoms. The van der Waals surface area contributed by atoms with Gasteiger partial charge in [0.2, 0.25) is 0 Å². The average molecular weight is 409 g/mol. The maximum atomic E-state index is 12.7. The first kappa shape index (κ1) is 21.7. The molecule has 0 radical (unpaired) electrons. The summed E-state index contributed by atoms with van der Waals surface area (Å²) in [5, 5.41) is 3.74. The molecule has 3 N–H and O–H groups in total. The zero-order valence-electron chi connectivity index (χ0n) is 15.3. The number of primary amides is 1. The molecule has 7 nitrogen and oxygen atoms in total. The Hall–Kier alpha value is -3.56. The molecule has 154 valence electrons. The van der Waals surface area contributed by atoms with Gasteiger partial charge in [-0.2, -0.15) is 18.3 Å². The highest BCUT2D eigenvalue weighted by atomic mass is 19.4. The van der Waals surface area contributed by atoms with Gasteiger partial charge in [0.05, 0.1) is 18.4 Å². The zero-order valence-corrected chi connectivity index (χ0v) is 15.3. The standard InChI is InChI=1S/C19H18F3N3O4/c1-2-28-16-8-12(6-7-15(16)29-11-17(23)26)10-24-25-18(27)13-4-3-5-14(9-13)19(20,21)22/h3-10H,2,11H2,1H3,(H2,23,26)(H,25,27)/b24-10-. The smallest absolute Gasteiger partial charge is 0.416 e. The van der Waals surface area contributed by atoms with E-state index in [1.165, 1.54) is 18.3 Å². The van der Waals surface area contributed by atoms with Crippen LogP contribution in [0.15, 0.2) is 47.6 Å². The van der Waals surface area contributed by atoms with Crippen molar-refractivity contribution < 1.29 is 32.2 Å². The number of alkyl halides is 3. The Morgan fingerprint density at radius 3 is 2.55 bits per heavy atom. The number of hydrogen-bond donors (Lipinski definition) is 2. The van der Waals surface area contributed by atoms with Crippen molar-refractivity contribution in [2.75, 3.05) is 13.2 Å². The zero-order chi connectivity index (χ0) is 21.4. The van der Waals surface area contributed by atoms with Crippen LogP contribution in [0.2, 0.25) is 0 Å². The van der Waals surface area contributed by atoms with Crippen molar-refractivity contribution in [1.82, 2.24) is 5.43 Å². The molecular formula is C19H18F3N3O4. The molecule has 0 spiro atoms. The van der Waals surface area contributed by atoms with Crippen molar-refractivity contribution >= 4 is 18.0 Å². The topological polar surface area (TPSA) is 103 Å². The van der Waals surface area contributed by atoms with E-state index in [0.717, 1.165) is 18.2 Å². The van der Waals surface area contributed by atoms with E-state index in [4.69, 9.17) is 15.2 Å². The number of halogens is 3. The molecule has 10 heteroatoms. The Morgan fingerprint density at radius 1 is 1.14 bits per heavy atom. The van der Waals surface area contributed by atoms with Crippen molar-refractivity contribution in [2.24, 2.45) is 10.8 Å².